The Kier molecular flexibility index (Phi) is 5.31. The molecule has 0 bridgehead atoms. The molecule has 0 unspecified atom stereocenters. The minimum atomic E-state index is 0.831. The molecule has 1 aliphatic rings. The minimum absolute atomic E-state index is 0.831. The summed E-state index contributed by atoms with van der Waals surface area (Å²) in [6.45, 7) is 7.13. The Morgan fingerprint density at radius 2 is 1.38 bits per heavy atom. The summed E-state index contributed by atoms with van der Waals surface area (Å²) in [5, 5.41) is 0. The number of nitrogens with zero attached hydrogens (tertiary/aromatic N) is 2. The van der Waals surface area contributed by atoms with E-state index in [0.717, 1.165) is 46.1 Å². The van der Waals surface area contributed by atoms with Gasteiger partial charge in [-0.15, -0.1) is 0 Å². The van der Waals surface area contributed by atoms with Crippen molar-refractivity contribution in [2.75, 3.05) is 60.3 Å². The molecule has 0 radical (unpaired) electrons. The molecule has 0 aromatic heterocycles. The molecule has 0 aromatic rings. The molecule has 0 aliphatic carbocycles. The Bertz CT molecular complexity index is 119. The van der Waals surface area contributed by atoms with E-state index in [9.17, 15) is 0 Å². The molecule has 1 saturated heterocycles. The van der Waals surface area contributed by atoms with Gasteiger partial charge in [-0.05, 0) is 0 Å². The second kappa shape index (κ2) is 6.32. The first-order valence-corrected chi connectivity index (χ1v) is 4.79. The quantitative estimate of drug-likeness (QED) is 0.579. The van der Waals surface area contributed by atoms with Crippen LogP contribution in [0, 0.1) is 0 Å². The van der Waals surface area contributed by atoms with E-state index in [1.54, 1.807) is 14.2 Å². The Balaban J connectivity index is 2.05. The Morgan fingerprint density at radius 1 is 0.923 bits per heavy atom. The van der Waals surface area contributed by atoms with Gasteiger partial charge in [0.25, 0.3) is 0 Å². The molecule has 4 heteroatoms. The molecule has 0 aromatic carbocycles. The van der Waals surface area contributed by atoms with Crippen LogP contribution in [-0.2, 0) is 9.47 Å². The summed E-state index contributed by atoms with van der Waals surface area (Å²) in [5.74, 6) is 0. The van der Waals surface area contributed by atoms with E-state index in [4.69, 9.17) is 9.47 Å². The van der Waals surface area contributed by atoms with Crippen molar-refractivity contribution in [1.82, 2.24) is 9.80 Å². The molecule has 0 atom stereocenters. The highest BCUT2D eigenvalue weighted by molar-refractivity contribution is 4.70. The fraction of sp³-hybridized carbons (Fsp3) is 1.00. The second-order valence-corrected chi connectivity index (χ2v) is 3.36. The number of methoxy groups -OCH3 is 2. The van der Waals surface area contributed by atoms with Crippen molar-refractivity contribution in [3.8, 4) is 0 Å². The van der Waals surface area contributed by atoms with Crippen molar-refractivity contribution >= 4 is 0 Å². The van der Waals surface area contributed by atoms with E-state index in [1.807, 2.05) is 0 Å². The van der Waals surface area contributed by atoms with E-state index >= 15 is 0 Å². The van der Waals surface area contributed by atoms with Crippen LogP contribution in [0.2, 0.25) is 0 Å². The standard InChI is InChI=1S/C9H20N2O2/c1-12-7-5-10-3-4-11(9-10)6-8-13-2/h3-9H2,1-2H3. The van der Waals surface area contributed by atoms with Crippen molar-refractivity contribution in [2.24, 2.45) is 0 Å². The van der Waals surface area contributed by atoms with Gasteiger partial charge in [0.05, 0.1) is 19.9 Å². The lowest BCUT2D eigenvalue weighted by molar-refractivity contribution is 0.130. The number of ether oxygens (including phenoxy) is 2. The molecule has 4 nitrogen and oxygen atoms in total. The highest BCUT2D eigenvalue weighted by Gasteiger charge is 2.18. The van der Waals surface area contributed by atoms with Crippen LogP contribution in [0.5, 0.6) is 0 Å². The summed E-state index contributed by atoms with van der Waals surface area (Å²) in [7, 11) is 3.50. The maximum absolute atomic E-state index is 5.04. The van der Waals surface area contributed by atoms with E-state index in [-0.39, 0.29) is 0 Å². The topological polar surface area (TPSA) is 24.9 Å². The molecule has 1 rings (SSSR count). The minimum Gasteiger partial charge on any atom is -0.383 e. The van der Waals surface area contributed by atoms with Gasteiger partial charge in [0.1, 0.15) is 0 Å². The van der Waals surface area contributed by atoms with E-state index in [0.29, 0.717) is 0 Å². The summed E-state index contributed by atoms with van der Waals surface area (Å²) in [6.07, 6.45) is 0. The average molecular weight is 188 g/mol. The van der Waals surface area contributed by atoms with Crippen LogP contribution in [0.15, 0.2) is 0 Å². The molecule has 1 heterocycles. The Morgan fingerprint density at radius 3 is 1.77 bits per heavy atom. The van der Waals surface area contributed by atoms with E-state index < -0.39 is 0 Å². The first-order valence-electron chi connectivity index (χ1n) is 4.79. The van der Waals surface area contributed by atoms with Gasteiger partial charge in [-0.25, -0.2) is 0 Å². The van der Waals surface area contributed by atoms with Gasteiger partial charge in [0.2, 0.25) is 0 Å². The van der Waals surface area contributed by atoms with E-state index in [2.05, 4.69) is 9.80 Å². The number of hydrogen-bond donors (Lipinski definition) is 0. The lowest BCUT2D eigenvalue weighted by Gasteiger charge is -2.16. The third-order valence-electron chi connectivity index (χ3n) is 2.36. The molecule has 0 spiro atoms. The summed E-state index contributed by atoms with van der Waals surface area (Å²) in [5.41, 5.74) is 0. The van der Waals surface area contributed by atoms with Gasteiger partial charge < -0.3 is 9.47 Å². The number of hydrogen-bond acceptors (Lipinski definition) is 4. The first kappa shape index (κ1) is 10.9. The monoisotopic (exact) mass is 188 g/mol. The Labute approximate surface area is 80.4 Å². The van der Waals surface area contributed by atoms with Crippen LogP contribution in [0.3, 0.4) is 0 Å². The van der Waals surface area contributed by atoms with Gasteiger partial charge in [0, 0.05) is 40.4 Å². The third-order valence-corrected chi connectivity index (χ3v) is 2.36. The fourth-order valence-electron chi connectivity index (χ4n) is 1.51. The second-order valence-electron chi connectivity index (χ2n) is 3.36. The zero-order chi connectivity index (χ0) is 9.52. The zero-order valence-corrected chi connectivity index (χ0v) is 8.66. The smallest absolute Gasteiger partial charge is 0.0590 e. The molecular formula is C9H20N2O2. The third kappa shape index (κ3) is 4.04. The van der Waals surface area contributed by atoms with Crippen LogP contribution >= 0.6 is 0 Å². The maximum Gasteiger partial charge on any atom is 0.0590 e. The summed E-state index contributed by atoms with van der Waals surface area (Å²) in [6, 6.07) is 0. The first-order chi connectivity index (χ1) is 6.36. The van der Waals surface area contributed by atoms with Crippen LogP contribution < -0.4 is 0 Å². The van der Waals surface area contributed by atoms with Gasteiger partial charge in [-0.2, -0.15) is 0 Å². The van der Waals surface area contributed by atoms with Crippen molar-refractivity contribution in [2.45, 2.75) is 0 Å². The SMILES string of the molecule is COCCN1CCN(CCOC)C1. The van der Waals surface area contributed by atoms with Gasteiger partial charge in [0.15, 0.2) is 0 Å². The predicted octanol–water partition coefficient (Wildman–Crippen LogP) is -0.146. The highest BCUT2D eigenvalue weighted by Crippen LogP contribution is 2.03. The normalized spacial score (nSPS) is 19.8. The molecule has 1 aliphatic heterocycles. The lowest BCUT2D eigenvalue weighted by Crippen LogP contribution is -2.29. The Hall–Kier alpha value is -0.160. The molecule has 1 fully saturated rings. The molecule has 78 valence electrons. The van der Waals surface area contributed by atoms with Gasteiger partial charge >= 0.3 is 0 Å². The van der Waals surface area contributed by atoms with Gasteiger partial charge in [-0.1, -0.05) is 0 Å². The number of rotatable bonds is 6. The molecule has 0 saturated carbocycles. The summed E-state index contributed by atoms with van der Waals surface area (Å²) in [4.78, 5) is 4.80. The molecule has 0 amide bonds. The molecule has 13 heavy (non-hydrogen) atoms. The van der Waals surface area contributed by atoms with Gasteiger partial charge in [-0.3, -0.25) is 9.80 Å². The van der Waals surface area contributed by atoms with E-state index in [1.165, 1.54) is 0 Å². The van der Waals surface area contributed by atoms with Crippen molar-refractivity contribution in [3.63, 3.8) is 0 Å². The van der Waals surface area contributed by atoms with Crippen LogP contribution in [-0.4, -0.2) is 70.1 Å². The fourth-order valence-corrected chi connectivity index (χ4v) is 1.51. The molecular weight excluding hydrogens is 168 g/mol. The lowest BCUT2D eigenvalue weighted by atomic mass is 10.5. The average Bonchev–Trinajstić information content (AvgIpc) is 2.59. The van der Waals surface area contributed by atoms with Crippen LogP contribution in [0.25, 0.3) is 0 Å². The maximum atomic E-state index is 5.04. The zero-order valence-electron chi connectivity index (χ0n) is 8.66. The van der Waals surface area contributed by atoms with Crippen molar-refractivity contribution < 1.29 is 9.47 Å². The summed E-state index contributed by atoms with van der Waals surface area (Å²) < 4.78 is 10.1. The largest absolute Gasteiger partial charge is 0.383 e. The summed E-state index contributed by atoms with van der Waals surface area (Å²) >= 11 is 0. The van der Waals surface area contributed by atoms with Crippen LogP contribution in [0.4, 0.5) is 0 Å². The highest BCUT2D eigenvalue weighted by atomic mass is 16.5. The van der Waals surface area contributed by atoms with Crippen molar-refractivity contribution in [1.29, 1.82) is 0 Å². The predicted molar refractivity (Wildman–Crippen MR) is 51.8 cm³/mol. The van der Waals surface area contributed by atoms with Crippen LogP contribution in [0.1, 0.15) is 0 Å². The van der Waals surface area contributed by atoms with Crippen molar-refractivity contribution in [3.05, 3.63) is 0 Å². The molecule has 0 N–H and O–H groups in total.